The van der Waals surface area contributed by atoms with Crippen LogP contribution in [0, 0.1) is 5.41 Å². The lowest BCUT2D eigenvalue weighted by Gasteiger charge is -2.44. The van der Waals surface area contributed by atoms with Gasteiger partial charge >= 0.3 is 0 Å². The minimum absolute atomic E-state index is 0.156. The first kappa shape index (κ1) is 12.0. The fourth-order valence-electron chi connectivity index (χ4n) is 2.57. The lowest BCUT2D eigenvalue weighted by atomic mass is 9.82. The lowest BCUT2D eigenvalue weighted by Crippen LogP contribution is -2.52. The predicted octanol–water partition coefficient (Wildman–Crippen LogP) is 2.27. The molecule has 84 valence electrons. The van der Waals surface area contributed by atoms with Crippen molar-refractivity contribution in [3.63, 3.8) is 0 Å². The van der Waals surface area contributed by atoms with E-state index in [-0.39, 0.29) is 17.1 Å². The molecule has 0 bridgehead atoms. The topological polar surface area (TPSA) is 23.5 Å². The molecule has 2 atom stereocenters. The Morgan fingerprint density at radius 2 is 1.57 bits per heavy atom. The van der Waals surface area contributed by atoms with Crippen molar-refractivity contribution < 1.29 is 5.11 Å². The van der Waals surface area contributed by atoms with E-state index in [0.717, 1.165) is 13.0 Å². The largest absolute Gasteiger partial charge is 0.391 e. The zero-order valence-corrected chi connectivity index (χ0v) is 10.5. The van der Waals surface area contributed by atoms with Crippen molar-refractivity contribution >= 4 is 0 Å². The fraction of sp³-hybridized carbons (Fsp3) is 1.00. The average molecular weight is 199 g/mol. The summed E-state index contributed by atoms with van der Waals surface area (Å²) >= 11 is 0. The summed E-state index contributed by atoms with van der Waals surface area (Å²) in [7, 11) is 0. The van der Waals surface area contributed by atoms with Gasteiger partial charge in [-0.2, -0.15) is 0 Å². The van der Waals surface area contributed by atoms with Gasteiger partial charge < -0.3 is 5.11 Å². The number of rotatable bonds is 0. The van der Waals surface area contributed by atoms with Crippen molar-refractivity contribution in [2.75, 3.05) is 6.54 Å². The highest BCUT2D eigenvalue weighted by molar-refractivity contribution is 4.98. The summed E-state index contributed by atoms with van der Waals surface area (Å²) in [5.74, 6) is 0. The monoisotopic (exact) mass is 199 g/mol. The van der Waals surface area contributed by atoms with Gasteiger partial charge in [-0.3, -0.25) is 4.90 Å². The third kappa shape index (κ3) is 2.29. The molecule has 1 N–H and O–H groups in total. The van der Waals surface area contributed by atoms with Gasteiger partial charge in [0.15, 0.2) is 0 Å². The van der Waals surface area contributed by atoms with E-state index in [4.69, 9.17) is 0 Å². The number of nitrogens with zero attached hydrogens (tertiary/aromatic N) is 1. The van der Waals surface area contributed by atoms with Gasteiger partial charge in [0, 0.05) is 18.1 Å². The minimum Gasteiger partial charge on any atom is -0.391 e. The molecule has 1 fully saturated rings. The van der Waals surface area contributed by atoms with Crippen LogP contribution in [0.4, 0.5) is 0 Å². The maximum Gasteiger partial charge on any atom is 0.0712 e. The highest BCUT2D eigenvalue weighted by atomic mass is 16.3. The highest BCUT2D eigenvalue weighted by Crippen LogP contribution is 2.37. The second-order valence-corrected chi connectivity index (χ2v) is 6.53. The Kier molecular flexibility index (Phi) is 2.99. The average Bonchev–Trinajstić information content (AvgIpc) is 2.27. The van der Waals surface area contributed by atoms with Crippen molar-refractivity contribution in [2.45, 2.75) is 65.6 Å². The van der Waals surface area contributed by atoms with Gasteiger partial charge in [-0.05, 0) is 32.6 Å². The second kappa shape index (κ2) is 3.49. The number of aliphatic hydroxyl groups excluding tert-OH is 1. The molecule has 0 aromatic carbocycles. The van der Waals surface area contributed by atoms with E-state index in [1.165, 1.54) is 0 Å². The maximum absolute atomic E-state index is 10.0. The molecule has 0 spiro atoms. The van der Waals surface area contributed by atoms with Gasteiger partial charge in [-0.25, -0.2) is 0 Å². The van der Waals surface area contributed by atoms with Gasteiger partial charge in [-0.15, -0.1) is 0 Å². The zero-order valence-electron chi connectivity index (χ0n) is 10.5. The molecule has 1 aliphatic rings. The highest BCUT2D eigenvalue weighted by Gasteiger charge is 2.44. The Morgan fingerprint density at radius 1 is 1.07 bits per heavy atom. The molecule has 0 saturated carbocycles. The summed E-state index contributed by atoms with van der Waals surface area (Å²) < 4.78 is 0. The standard InChI is InChI=1S/C12H25NO/c1-11(2,3)10-9(14)7-8-13(10)12(4,5)6/h9-10,14H,7-8H2,1-6H3/t9-,10?/m0/s1. The normalized spacial score (nSPS) is 31.1. The molecule has 0 aromatic heterocycles. The molecule has 1 unspecified atom stereocenters. The van der Waals surface area contributed by atoms with Gasteiger partial charge in [-0.1, -0.05) is 20.8 Å². The quantitative estimate of drug-likeness (QED) is 0.647. The van der Waals surface area contributed by atoms with Gasteiger partial charge in [0.2, 0.25) is 0 Å². The van der Waals surface area contributed by atoms with Crippen molar-refractivity contribution in [3.05, 3.63) is 0 Å². The Morgan fingerprint density at radius 3 is 1.86 bits per heavy atom. The fourth-order valence-corrected chi connectivity index (χ4v) is 2.57. The summed E-state index contributed by atoms with van der Waals surface area (Å²) in [5.41, 5.74) is 0.318. The van der Waals surface area contributed by atoms with Crippen molar-refractivity contribution in [1.29, 1.82) is 0 Å². The molecule has 14 heavy (non-hydrogen) atoms. The molecule has 1 rings (SSSR count). The van der Waals surface area contributed by atoms with E-state index in [2.05, 4.69) is 46.4 Å². The van der Waals surface area contributed by atoms with E-state index in [1.54, 1.807) is 0 Å². The van der Waals surface area contributed by atoms with E-state index < -0.39 is 0 Å². The summed E-state index contributed by atoms with van der Waals surface area (Å²) in [6.45, 7) is 14.3. The third-order valence-electron chi connectivity index (χ3n) is 3.11. The van der Waals surface area contributed by atoms with Gasteiger partial charge in [0.05, 0.1) is 6.10 Å². The van der Waals surface area contributed by atoms with Crippen LogP contribution < -0.4 is 0 Å². The number of aliphatic hydroxyl groups is 1. The molecular weight excluding hydrogens is 174 g/mol. The van der Waals surface area contributed by atoms with Crippen molar-refractivity contribution in [1.82, 2.24) is 4.90 Å². The van der Waals surface area contributed by atoms with Crippen molar-refractivity contribution in [2.24, 2.45) is 5.41 Å². The number of hydrogen-bond acceptors (Lipinski definition) is 2. The van der Waals surface area contributed by atoms with Crippen LogP contribution in [0.3, 0.4) is 0 Å². The van der Waals surface area contributed by atoms with E-state index >= 15 is 0 Å². The lowest BCUT2D eigenvalue weighted by molar-refractivity contribution is 0.00316. The Balaban J connectivity index is 2.88. The smallest absolute Gasteiger partial charge is 0.0712 e. The molecule has 0 aliphatic carbocycles. The van der Waals surface area contributed by atoms with Crippen LogP contribution in [0.1, 0.15) is 48.0 Å². The number of likely N-dealkylation sites (tertiary alicyclic amines) is 1. The Bertz CT molecular complexity index is 199. The van der Waals surface area contributed by atoms with Crippen LogP contribution >= 0.6 is 0 Å². The first-order chi connectivity index (χ1) is 6.14. The van der Waals surface area contributed by atoms with Gasteiger partial charge in [0.1, 0.15) is 0 Å². The van der Waals surface area contributed by atoms with E-state index in [0.29, 0.717) is 6.04 Å². The van der Waals surface area contributed by atoms with Crippen LogP contribution in [0.2, 0.25) is 0 Å². The van der Waals surface area contributed by atoms with Crippen molar-refractivity contribution in [3.8, 4) is 0 Å². The van der Waals surface area contributed by atoms with Crippen LogP contribution in [0.15, 0.2) is 0 Å². The molecule has 1 saturated heterocycles. The predicted molar refractivity (Wildman–Crippen MR) is 60.3 cm³/mol. The first-order valence-corrected chi connectivity index (χ1v) is 5.59. The summed E-state index contributed by atoms with van der Waals surface area (Å²) in [5, 5.41) is 10.0. The van der Waals surface area contributed by atoms with Crippen LogP contribution in [-0.2, 0) is 0 Å². The van der Waals surface area contributed by atoms with Crippen LogP contribution in [0.25, 0.3) is 0 Å². The Labute approximate surface area is 88.3 Å². The molecule has 0 amide bonds. The van der Waals surface area contributed by atoms with E-state index in [9.17, 15) is 5.11 Å². The Hall–Kier alpha value is -0.0800. The zero-order chi connectivity index (χ0) is 11.1. The SMILES string of the molecule is CC(C)(C)C1[C@@H](O)CCN1C(C)(C)C. The minimum atomic E-state index is -0.158. The molecule has 0 aromatic rings. The van der Waals surface area contributed by atoms with Crippen LogP contribution in [0.5, 0.6) is 0 Å². The molecule has 1 heterocycles. The van der Waals surface area contributed by atoms with E-state index in [1.807, 2.05) is 0 Å². The summed E-state index contributed by atoms with van der Waals surface area (Å²) in [4.78, 5) is 2.44. The third-order valence-corrected chi connectivity index (χ3v) is 3.11. The molecule has 0 radical (unpaired) electrons. The first-order valence-electron chi connectivity index (χ1n) is 5.59. The number of hydrogen-bond donors (Lipinski definition) is 1. The molecule has 1 aliphatic heterocycles. The van der Waals surface area contributed by atoms with Gasteiger partial charge in [0.25, 0.3) is 0 Å². The molecule has 2 nitrogen and oxygen atoms in total. The second-order valence-electron chi connectivity index (χ2n) is 6.53. The molecule has 2 heteroatoms. The van der Waals surface area contributed by atoms with Crippen LogP contribution in [-0.4, -0.2) is 34.2 Å². The molecular formula is C12H25NO. The summed E-state index contributed by atoms with van der Waals surface area (Å²) in [6, 6.07) is 0.294. The summed E-state index contributed by atoms with van der Waals surface area (Å²) in [6.07, 6.45) is 0.758. The maximum atomic E-state index is 10.0.